The number of aromatic nitrogens is 1. The summed E-state index contributed by atoms with van der Waals surface area (Å²) in [5.74, 6) is 0.164. The van der Waals surface area contributed by atoms with Gasteiger partial charge in [-0.2, -0.15) is 8.78 Å². The van der Waals surface area contributed by atoms with E-state index in [-0.39, 0.29) is 5.75 Å². The number of hydrogen-bond acceptors (Lipinski definition) is 2. The van der Waals surface area contributed by atoms with Crippen LogP contribution in [0.4, 0.5) is 14.5 Å². The highest BCUT2D eigenvalue weighted by atomic mass is 19.3. The van der Waals surface area contributed by atoms with E-state index < -0.39 is 6.61 Å². The molecule has 0 radical (unpaired) electrons. The molecule has 1 aromatic carbocycles. The van der Waals surface area contributed by atoms with E-state index in [0.717, 1.165) is 12.2 Å². The SMILES string of the molecule is CCn1cccc1CNc1ccc(OC(F)F)cc1. The lowest BCUT2D eigenvalue weighted by molar-refractivity contribution is -0.0498. The van der Waals surface area contributed by atoms with Gasteiger partial charge in [-0.15, -0.1) is 0 Å². The number of alkyl halides is 2. The van der Waals surface area contributed by atoms with E-state index in [2.05, 4.69) is 21.5 Å². The fourth-order valence-electron chi connectivity index (χ4n) is 1.87. The molecule has 1 heterocycles. The number of rotatable bonds is 6. The zero-order chi connectivity index (χ0) is 13.7. The fraction of sp³-hybridized carbons (Fsp3) is 0.286. The Labute approximate surface area is 110 Å². The van der Waals surface area contributed by atoms with Crippen LogP contribution in [0.15, 0.2) is 42.6 Å². The molecule has 102 valence electrons. The number of hydrogen-bond donors (Lipinski definition) is 1. The quantitative estimate of drug-likeness (QED) is 0.862. The molecule has 0 aliphatic heterocycles. The lowest BCUT2D eigenvalue weighted by Gasteiger charge is -2.10. The number of ether oxygens (including phenoxy) is 1. The van der Waals surface area contributed by atoms with Gasteiger partial charge in [0.1, 0.15) is 5.75 Å². The van der Waals surface area contributed by atoms with Gasteiger partial charge in [-0.1, -0.05) is 0 Å². The molecule has 0 aliphatic carbocycles. The molecule has 19 heavy (non-hydrogen) atoms. The highest BCUT2D eigenvalue weighted by Crippen LogP contribution is 2.18. The predicted molar refractivity (Wildman–Crippen MR) is 70.5 cm³/mol. The molecule has 0 spiro atoms. The predicted octanol–water partition coefficient (Wildman–Crippen LogP) is 3.72. The molecule has 0 saturated heterocycles. The number of benzene rings is 1. The van der Waals surface area contributed by atoms with Gasteiger partial charge in [-0.3, -0.25) is 0 Å². The van der Waals surface area contributed by atoms with E-state index in [1.165, 1.54) is 17.8 Å². The normalized spacial score (nSPS) is 10.7. The van der Waals surface area contributed by atoms with E-state index in [1.54, 1.807) is 12.1 Å². The Balaban J connectivity index is 1.93. The van der Waals surface area contributed by atoms with Crippen LogP contribution in [0.25, 0.3) is 0 Å². The second kappa shape index (κ2) is 6.22. The number of anilines is 1. The van der Waals surface area contributed by atoms with Crippen molar-refractivity contribution in [3.05, 3.63) is 48.3 Å². The molecule has 0 fully saturated rings. The van der Waals surface area contributed by atoms with Crippen molar-refractivity contribution in [2.75, 3.05) is 5.32 Å². The van der Waals surface area contributed by atoms with Crippen LogP contribution in [0, 0.1) is 0 Å². The van der Waals surface area contributed by atoms with Gasteiger partial charge in [0.25, 0.3) is 0 Å². The average molecular weight is 266 g/mol. The largest absolute Gasteiger partial charge is 0.435 e. The second-order valence-electron chi connectivity index (χ2n) is 4.04. The maximum absolute atomic E-state index is 12.0. The van der Waals surface area contributed by atoms with E-state index in [1.807, 2.05) is 18.3 Å². The number of aryl methyl sites for hydroxylation is 1. The van der Waals surface area contributed by atoms with Crippen molar-refractivity contribution in [2.45, 2.75) is 26.6 Å². The Morgan fingerprint density at radius 3 is 2.58 bits per heavy atom. The van der Waals surface area contributed by atoms with Crippen LogP contribution < -0.4 is 10.1 Å². The molecule has 3 nitrogen and oxygen atoms in total. The third kappa shape index (κ3) is 3.71. The van der Waals surface area contributed by atoms with Gasteiger partial charge in [0.15, 0.2) is 0 Å². The first kappa shape index (κ1) is 13.4. The Hall–Kier alpha value is -2.04. The molecule has 0 amide bonds. The highest BCUT2D eigenvalue weighted by molar-refractivity contribution is 5.46. The molecule has 0 atom stereocenters. The Bertz CT molecular complexity index is 508. The smallest absolute Gasteiger partial charge is 0.387 e. The summed E-state index contributed by atoms with van der Waals surface area (Å²) >= 11 is 0. The molecule has 0 aliphatic rings. The van der Waals surface area contributed by atoms with Crippen molar-refractivity contribution >= 4 is 5.69 Å². The lowest BCUT2D eigenvalue weighted by Crippen LogP contribution is -2.06. The van der Waals surface area contributed by atoms with Crippen LogP contribution in [0.2, 0.25) is 0 Å². The van der Waals surface area contributed by atoms with Gasteiger partial charge >= 0.3 is 6.61 Å². The molecular weight excluding hydrogens is 250 g/mol. The minimum atomic E-state index is -2.79. The summed E-state index contributed by atoms with van der Waals surface area (Å²) in [4.78, 5) is 0. The minimum Gasteiger partial charge on any atom is -0.435 e. The molecule has 2 aromatic rings. The van der Waals surface area contributed by atoms with Crippen molar-refractivity contribution in [3.8, 4) is 5.75 Å². The van der Waals surface area contributed by atoms with Crippen LogP contribution in [0.3, 0.4) is 0 Å². The third-order valence-electron chi connectivity index (χ3n) is 2.82. The van der Waals surface area contributed by atoms with Gasteiger partial charge in [0.05, 0.1) is 6.54 Å². The van der Waals surface area contributed by atoms with Crippen LogP contribution in [0.1, 0.15) is 12.6 Å². The lowest BCUT2D eigenvalue weighted by atomic mass is 10.3. The Morgan fingerprint density at radius 2 is 1.95 bits per heavy atom. The van der Waals surface area contributed by atoms with E-state index in [9.17, 15) is 8.78 Å². The minimum absolute atomic E-state index is 0.164. The van der Waals surface area contributed by atoms with E-state index in [4.69, 9.17) is 0 Å². The van der Waals surface area contributed by atoms with Crippen molar-refractivity contribution in [1.29, 1.82) is 0 Å². The molecule has 0 bridgehead atoms. The molecule has 1 N–H and O–H groups in total. The Morgan fingerprint density at radius 1 is 1.21 bits per heavy atom. The zero-order valence-corrected chi connectivity index (χ0v) is 10.6. The van der Waals surface area contributed by atoms with Crippen LogP contribution in [-0.4, -0.2) is 11.2 Å². The molecule has 0 unspecified atom stereocenters. The maximum atomic E-state index is 12.0. The first-order valence-corrected chi connectivity index (χ1v) is 6.12. The number of halogens is 2. The first-order chi connectivity index (χ1) is 9.19. The fourth-order valence-corrected chi connectivity index (χ4v) is 1.87. The molecule has 1 aromatic heterocycles. The topological polar surface area (TPSA) is 26.2 Å². The summed E-state index contributed by atoms with van der Waals surface area (Å²) < 4.78 is 30.4. The highest BCUT2D eigenvalue weighted by Gasteiger charge is 2.04. The van der Waals surface area contributed by atoms with E-state index >= 15 is 0 Å². The summed E-state index contributed by atoms with van der Waals surface area (Å²) in [7, 11) is 0. The number of nitrogens with one attached hydrogen (secondary N) is 1. The van der Waals surface area contributed by atoms with Gasteiger partial charge in [0, 0.05) is 24.1 Å². The van der Waals surface area contributed by atoms with Crippen molar-refractivity contribution in [3.63, 3.8) is 0 Å². The van der Waals surface area contributed by atoms with Crippen molar-refractivity contribution in [2.24, 2.45) is 0 Å². The Kier molecular flexibility index (Phi) is 4.39. The van der Waals surface area contributed by atoms with Gasteiger partial charge in [0.2, 0.25) is 0 Å². The maximum Gasteiger partial charge on any atom is 0.387 e. The average Bonchev–Trinajstić information content (AvgIpc) is 2.84. The molecule has 0 saturated carbocycles. The molecule has 5 heteroatoms. The summed E-state index contributed by atoms with van der Waals surface area (Å²) in [5.41, 5.74) is 2.04. The van der Waals surface area contributed by atoms with E-state index in [0.29, 0.717) is 6.54 Å². The number of nitrogens with zero attached hydrogens (tertiary/aromatic N) is 1. The zero-order valence-electron chi connectivity index (χ0n) is 10.6. The van der Waals surface area contributed by atoms with Gasteiger partial charge < -0.3 is 14.6 Å². The van der Waals surface area contributed by atoms with Crippen molar-refractivity contribution < 1.29 is 13.5 Å². The molecular formula is C14H16F2N2O. The van der Waals surface area contributed by atoms with Gasteiger partial charge in [-0.25, -0.2) is 0 Å². The molecule has 2 rings (SSSR count). The summed E-state index contributed by atoms with van der Waals surface area (Å²) in [6.45, 7) is 0.910. The van der Waals surface area contributed by atoms with Gasteiger partial charge in [-0.05, 0) is 43.3 Å². The van der Waals surface area contributed by atoms with Crippen molar-refractivity contribution in [1.82, 2.24) is 4.57 Å². The summed E-state index contributed by atoms with van der Waals surface area (Å²) in [6, 6.07) is 10.5. The third-order valence-corrected chi connectivity index (χ3v) is 2.82. The second-order valence-corrected chi connectivity index (χ2v) is 4.04. The van der Waals surface area contributed by atoms with Crippen LogP contribution in [-0.2, 0) is 13.1 Å². The monoisotopic (exact) mass is 266 g/mol. The first-order valence-electron chi connectivity index (χ1n) is 6.12. The standard InChI is InChI=1S/C14H16F2N2O/c1-2-18-9-3-4-12(18)10-17-11-5-7-13(8-6-11)19-14(15)16/h3-9,14,17H,2,10H2,1H3. The summed E-state index contributed by atoms with van der Waals surface area (Å²) in [6.07, 6.45) is 2.02. The van der Waals surface area contributed by atoms with Crippen LogP contribution >= 0.6 is 0 Å². The summed E-state index contributed by atoms with van der Waals surface area (Å²) in [5, 5.41) is 3.24. The van der Waals surface area contributed by atoms with Crippen LogP contribution in [0.5, 0.6) is 5.75 Å².